The third-order valence-corrected chi connectivity index (χ3v) is 4.84. The summed E-state index contributed by atoms with van der Waals surface area (Å²) in [4.78, 5) is 26.2. The summed E-state index contributed by atoms with van der Waals surface area (Å²) in [5, 5.41) is 0.0601. The minimum Gasteiger partial charge on any atom is -0.490 e. The number of rotatable bonds is 8. The Hall–Kier alpha value is -1.96. The van der Waals surface area contributed by atoms with Crippen LogP contribution in [0.2, 0.25) is 5.02 Å². The molecular weight excluding hydrogens is 377 g/mol. The quantitative estimate of drug-likeness (QED) is 0.497. The van der Waals surface area contributed by atoms with E-state index >= 15 is 0 Å². The van der Waals surface area contributed by atoms with Crippen molar-refractivity contribution in [1.82, 2.24) is 0 Å². The molecule has 2 amide bonds. The number of imide groups is 1. The Labute approximate surface area is 161 Å². The van der Waals surface area contributed by atoms with E-state index in [0.717, 1.165) is 23.8 Å². The fraction of sp³-hybridized carbons (Fsp3) is 0.474. The Morgan fingerprint density at radius 3 is 2.30 bits per heavy atom. The molecule has 146 valence electrons. The van der Waals surface area contributed by atoms with Crippen molar-refractivity contribution in [2.75, 3.05) is 38.4 Å². The molecule has 1 aliphatic carbocycles. The zero-order valence-electron chi connectivity index (χ0n) is 15.1. The summed E-state index contributed by atoms with van der Waals surface area (Å²) >= 11 is 6.04. The summed E-state index contributed by atoms with van der Waals surface area (Å²) in [5.74, 6) is -1.46. The molecule has 1 aliphatic heterocycles. The highest BCUT2D eigenvalue weighted by Gasteiger charge is 2.41. The molecule has 0 saturated heterocycles. The highest BCUT2D eigenvalue weighted by molar-refractivity contribution is 6.34. The third kappa shape index (κ3) is 4.15. The average molecular weight is 398 g/mol. The first-order valence-corrected chi connectivity index (χ1v) is 9.21. The number of anilines is 1. The summed E-state index contributed by atoms with van der Waals surface area (Å²) in [7, 11) is 1.58. The van der Waals surface area contributed by atoms with Gasteiger partial charge < -0.3 is 14.2 Å². The van der Waals surface area contributed by atoms with Gasteiger partial charge in [0.1, 0.15) is 18.2 Å². The van der Waals surface area contributed by atoms with Crippen LogP contribution >= 0.6 is 11.6 Å². The SMILES string of the molecule is COCCOCCOc1cc(N2C(=O)C3=C(CCCC3)C2=O)c(F)cc1Cl. The third-order valence-electron chi connectivity index (χ3n) is 4.55. The second-order valence-corrected chi connectivity index (χ2v) is 6.70. The average Bonchev–Trinajstić information content (AvgIpc) is 2.91. The van der Waals surface area contributed by atoms with Crippen LogP contribution in [0.25, 0.3) is 0 Å². The van der Waals surface area contributed by atoms with Gasteiger partial charge in [0.2, 0.25) is 0 Å². The van der Waals surface area contributed by atoms with Crippen LogP contribution in [0.4, 0.5) is 10.1 Å². The molecule has 0 bridgehead atoms. The van der Waals surface area contributed by atoms with Crippen molar-refractivity contribution in [3.05, 3.63) is 34.1 Å². The first kappa shape index (κ1) is 19.8. The van der Waals surface area contributed by atoms with Gasteiger partial charge in [-0.1, -0.05) is 11.6 Å². The Morgan fingerprint density at radius 1 is 1.04 bits per heavy atom. The zero-order chi connectivity index (χ0) is 19.4. The summed E-state index contributed by atoms with van der Waals surface area (Å²) in [6.07, 6.45) is 2.81. The van der Waals surface area contributed by atoms with Gasteiger partial charge in [0.25, 0.3) is 11.8 Å². The number of hydrogen-bond donors (Lipinski definition) is 0. The normalized spacial score (nSPS) is 16.9. The van der Waals surface area contributed by atoms with Crippen molar-refractivity contribution in [1.29, 1.82) is 0 Å². The maximum absolute atomic E-state index is 14.5. The Morgan fingerprint density at radius 2 is 1.67 bits per heavy atom. The smallest absolute Gasteiger partial charge is 0.261 e. The lowest BCUT2D eigenvalue weighted by Crippen LogP contribution is -2.32. The zero-order valence-corrected chi connectivity index (χ0v) is 15.8. The lowest BCUT2D eigenvalue weighted by Gasteiger charge is -2.18. The van der Waals surface area contributed by atoms with E-state index in [9.17, 15) is 14.0 Å². The lowest BCUT2D eigenvalue weighted by atomic mass is 9.93. The number of methoxy groups -OCH3 is 1. The van der Waals surface area contributed by atoms with Crippen LogP contribution in [0.5, 0.6) is 5.75 Å². The molecule has 0 saturated carbocycles. The Bertz CT molecular complexity index is 752. The molecule has 0 spiro atoms. The van der Waals surface area contributed by atoms with Crippen LogP contribution in [-0.2, 0) is 19.1 Å². The van der Waals surface area contributed by atoms with Crippen LogP contribution in [0.15, 0.2) is 23.3 Å². The van der Waals surface area contributed by atoms with Gasteiger partial charge in [-0.25, -0.2) is 9.29 Å². The molecule has 27 heavy (non-hydrogen) atoms. The Balaban J connectivity index is 1.74. The van der Waals surface area contributed by atoms with E-state index in [0.29, 0.717) is 43.8 Å². The predicted octanol–water partition coefficient (Wildman–Crippen LogP) is 3.26. The first-order chi connectivity index (χ1) is 13.0. The topological polar surface area (TPSA) is 65.1 Å². The molecule has 0 atom stereocenters. The van der Waals surface area contributed by atoms with Crippen molar-refractivity contribution in [2.24, 2.45) is 0 Å². The summed E-state index contributed by atoms with van der Waals surface area (Å²) in [6.45, 7) is 1.38. The first-order valence-electron chi connectivity index (χ1n) is 8.84. The summed E-state index contributed by atoms with van der Waals surface area (Å²) in [5.41, 5.74) is 0.850. The molecule has 8 heteroatoms. The van der Waals surface area contributed by atoms with Crippen LogP contribution in [0.3, 0.4) is 0 Å². The highest BCUT2D eigenvalue weighted by atomic mass is 35.5. The fourth-order valence-corrected chi connectivity index (χ4v) is 3.42. The minimum atomic E-state index is -0.745. The number of ether oxygens (including phenoxy) is 3. The van der Waals surface area contributed by atoms with E-state index in [1.807, 2.05) is 0 Å². The number of carbonyl (C=O) groups excluding carboxylic acids is 2. The van der Waals surface area contributed by atoms with Crippen molar-refractivity contribution in [3.8, 4) is 5.75 Å². The second kappa shape index (κ2) is 8.82. The van der Waals surface area contributed by atoms with Crippen LogP contribution in [0, 0.1) is 5.82 Å². The molecule has 0 radical (unpaired) electrons. The standard InChI is InChI=1S/C19H21ClFNO5/c1-25-6-7-26-8-9-27-17-11-16(15(21)10-14(17)20)22-18(23)12-4-2-3-5-13(12)19(22)24/h10-11H,2-9H2,1H3. The highest BCUT2D eigenvalue weighted by Crippen LogP contribution is 2.39. The van der Waals surface area contributed by atoms with E-state index in [2.05, 4.69) is 0 Å². The molecule has 3 rings (SSSR count). The number of amides is 2. The van der Waals surface area contributed by atoms with Gasteiger partial charge in [-0.2, -0.15) is 0 Å². The molecule has 1 aromatic carbocycles. The number of benzene rings is 1. The van der Waals surface area contributed by atoms with Crippen molar-refractivity contribution in [3.63, 3.8) is 0 Å². The van der Waals surface area contributed by atoms with Crippen LogP contribution < -0.4 is 9.64 Å². The van der Waals surface area contributed by atoms with Crippen molar-refractivity contribution >= 4 is 29.1 Å². The monoisotopic (exact) mass is 397 g/mol. The maximum Gasteiger partial charge on any atom is 0.261 e. The number of nitrogens with zero attached hydrogens (tertiary/aromatic N) is 1. The molecular formula is C19H21ClFNO5. The van der Waals surface area contributed by atoms with E-state index in [4.69, 9.17) is 25.8 Å². The van der Waals surface area contributed by atoms with Gasteiger partial charge in [0.15, 0.2) is 0 Å². The van der Waals surface area contributed by atoms with Crippen LogP contribution in [-0.4, -0.2) is 45.4 Å². The van der Waals surface area contributed by atoms with E-state index in [1.165, 1.54) is 6.07 Å². The molecule has 6 nitrogen and oxygen atoms in total. The number of hydrogen-bond acceptors (Lipinski definition) is 5. The van der Waals surface area contributed by atoms with Crippen molar-refractivity contribution in [2.45, 2.75) is 25.7 Å². The van der Waals surface area contributed by atoms with Gasteiger partial charge in [-0.15, -0.1) is 0 Å². The van der Waals surface area contributed by atoms with Gasteiger partial charge >= 0.3 is 0 Å². The second-order valence-electron chi connectivity index (χ2n) is 6.30. The maximum atomic E-state index is 14.5. The van der Waals surface area contributed by atoms with Gasteiger partial charge in [0.05, 0.1) is 30.5 Å². The lowest BCUT2D eigenvalue weighted by molar-refractivity contribution is -0.120. The van der Waals surface area contributed by atoms with Gasteiger partial charge in [-0.3, -0.25) is 9.59 Å². The van der Waals surface area contributed by atoms with Crippen LogP contribution in [0.1, 0.15) is 25.7 Å². The van der Waals surface area contributed by atoms with Gasteiger partial charge in [0, 0.05) is 24.3 Å². The molecule has 2 aliphatic rings. The van der Waals surface area contributed by atoms with Gasteiger partial charge in [-0.05, 0) is 31.7 Å². The predicted molar refractivity (Wildman–Crippen MR) is 97.6 cm³/mol. The molecule has 1 heterocycles. The number of halogens is 2. The number of carbonyl (C=O) groups is 2. The van der Waals surface area contributed by atoms with E-state index in [-0.39, 0.29) is 23.1 Å². The summed E-state index contributed by atoms with van der Waals surface area (Å²) in [6, 6.07) is 2.34. The molecule has 0 fully saturated rings. The molecule has 0 aromatic heterocycles. The summed E-state index contributed by atoms with van der Waals surface area (Å²) < 4.78 is 30.2. The van der Waals surface area contributed by atoms with Crippen molar-refractivity contribution < 1.29 is 28.2 Å². The molecule has 0 N–H and O–H groups in total. The molecule has 1 aromatic rings. The fourth-order valence-electron chi connectivity index (χ4n) is 3.21. The molecule has 0 unspecified atom stereocenters. The largest absolute Gasteiger partial charge is 0.490 e. The van der Waals surface area contributed by atoms with E-state index < -0.39 is 17.6 Å². The van der Waals surface area contributed by atoms with E-state index in [1.54, 1.807) is 7.11 Å². The minimum absolute atomic E-state index is 0.0601. The Kier molecular flexibility index (Phi) is 6.46.